The first-order valence-electron chi connectivity index (χ1n) is 5.93. The van der Waals surface area contributed by atoms with Crippen LogP contribution in [0.5, 0.6) is 0 Å². The van der Waals surface area contributed by atoms with Crippen LogP contribution in [0.15, 0.2) is 45.9 Å². The number of hydrogen-bond acceptors (Lipinski definition) is 3. The van der Waals surface area contributed by atoms with E-state index < -0.39 is 0 Å². The van der Waals surface area contributed by atoms with Crippen LogP contribution in [-0.2, 0) is 12.3 Å². The molecule has 1 N–H and O–H groups in total. The highest BCUT2D eigenvalue weighted by Gasteiger charge is 2.03. The molecule has 0 saturated heterocycles. The number of benzene rings is 1. The third-order valence-electron chi connectivity index (χ3n) is 2.47. The lowest BCUT2D eigenvalue weighted by Gasteiger charge is -2.06. The van der Waals surface area contributed by atoms with Crippen molar-refractivity contribution < 1.29 is 8.81 Å². The van der Waals surface area contributed by atoms with Crippen LogP contribution in [0.3, 0.4) is 0 Å². The summed E-state index contributed by atoms with van der Waals surface area (Å²) < 4.78 is 18.7. The number of furan rings is 1. The summed E-state index contributed by atoms with van der Waals surface area (Å²) in [4.78, 5) is 0.930. The third-order valence-corrected chi connectivity index (χ3v) is 3.47. The first-order valence-corrected chi connectivity index (χ1v) is 6.92. The van der Waals surface area contributed by atoms with Crippen molar-refractivity contribution in [1.82, 2.24) is 5.32 Å². The molecule has 0 amide bonds. The van der Waals surface area contributed by atoms with Crippen molar-refractivity contribution in [2.75, 3.05) is 6.54 Å². The van der Waals surface area contributed by atoms with Crippen molar-refractivity contribution >= 4 is 11.8 Å². The maximum Gasteiger partial charge on any atom is 0.124 e. The highest BCUT2D eigenvalue weighted by atomic mass is 32.2. The second-order valence-electron chi connectivity index (χ2n) is 3.94. The fraction of sp³-hybridized carbons (Fsp3) is 0.286. The zero-order chi connectivity index (χ0) is 12.8. The molecule has 4 heteroatoms. The molecule has 0 saturated carbocycles. The van der Waals surface area contributed by atoms with Crippen LogP contribution in [0, 0.1) is 5.82 Å². The van der Waals surface area contributed by atoms with Gasteiger partial charge in [-0.3, -0.25) is 0 Å². The van der Waals surface area contributed by atoms with E-state index in [2.05, 4.69) is 5.32 Å². The summed E-state index contributed by atoms with van der Waals surface area (Å²) >= 11 is 1.58. The van der Waals surface area contributed by atoms with Gasteiger partial charge in [-0.05, 0) is 42.4 Å². The van der Waals surface area contributed by atoms with Gasteiger partial charge in [-0.15, -0.1) is 11.8 Å². The molecule has 0 spiro atoms. The van der Waals surface area contributed by atoms with Crippen LogP contribution in [0.25, 0.3) is 0 Å². The van der Waals surface area contributed by atoms with Gasteiger partial charge < -0.3 is 9.73 Å². The van der Waals surface area contributed by atoms with Crippen molar-refractivity contribution in [2.24, 2.45) is 0 Å². The molecule has 0 aliphatic rings. The van der Waals surface area contributed by atoms with Crippen molar-refractivity contribution in [3.63, 3.8) is 0 Å². The smallest absolute Gasteiger partial charge is 0.124 e. The number of halogens is 1. The summed E-state index contributed by atoms with van der Waals surface area (Å²) in [7, 11) is 0. The Labute approximate surface area is 111 Å². The van der Waals surface area contributed by atoms with E-state index in [0.717, 1.165) is 28.5 Å². The first kappa shape index (κ1) is 13.2. The maximum atomic E-state index is 13.5. The Kier molecular flexibility index (Phi) is 4.84. The summed E-state index contributed by atoms with van der Waals surface area (Å²) in [5, 5.41) is 3.19. The Morgan fingerprint density at radius 1 is 1.33 bits per heavy atom. The fourth-order valence-electron chi connectivity index (χ4n) is 1.62. The highest BCUT2D eigenvalue weighted by molar-refractivity contribution is 7.98. The van der Waals surface area contributed by atoms with Gasteiger partial charge in [0.2, 0.25) is 0 Å². The summed E-state index contributed by atoms with van der Waals surface area (Å²) in [6.07, 6.45) is 1.65. The van der Waals surface area contributed by atoms with Gasteiger partial charge in [0, 0.05) is 11.4 Å². The van der Waals surface area contributed by atoms with Crippen molar-refractivity contribution in [3.05, 3.63) is 53.7 Å². The van der Waals surface area contributed by atoms with Crippen LogP contribution < -0.4 is 5.32 Å². The molecule has 0 fully saturated rings. The predicted molar refractivity (Wildman–Crippen MR) is 72.0 cm³/mol. The molecule has 1 heterocycles. The summed E-state index contributed by atoms with van der Waals surface area (Å²) in [5.74, 6) is 1.43. The van der Waals surface area contributed by atoms with Crippen LogP contribution in [0.1, 0.15) is 18.2 Å². The monoisotopic (exact) mass is 265 g/mol. The lowest BCUT2D eigenvalue weighted by Crippen LogP contribution is -2.11. The molecule has 2 rings (SSSR count). The SMILES string of the molecule is CCNCc1cc(F)cc(SCc2ccco2)c1. The van der Waals surface area contributed by atoms with Gasteiger partial charge >= 0.3 is 0 Å². The largest absolute Gasteiger partial charge is 0.468 e. The van der Waals surface area contributed by atoms with Gasteiger partial charge in [-0.1, -0.05) is 6.92 Å². The molecular formula is C14H16FNOS. The van der Waals surface area contributed by atoms with Crippen LogP contribution in [-0.4, -0.2) is 6.54 Å². The van der Waals surface area contributed by atoms with E-state index in [-0.39, 0.29) is 5.82 Å². The van der Waals surface area contributed by atoms with Gasteiger partial charge in [0.05, 0.1) is 12.0 Å². The minimum absolute atomic E-state index is 0.188. The lowest BCUT2D eigenvalue weighted by atomic mass is 10.2. The zero-order valence-corrected chi connectivity index (χ0v) is 11.1. The van der Waals surface area contributed by atoms with Crippen molar-refractivity contribution in [1.29, 1.82) is 0 Å². The first-order chi connectivity index (χ1) is 8.78. The van der Waals surface area contributed by atoms with E-state index in [4.69, 9.17) is 4.42 Å². The Hall–Kier alpha value is -1.26. The topological polar surface area (TPSA) is 25.2 Å². The van der Waals surface area contributed by atoms with Crippen LogP contribution in [0.2, 0.25) is 0 Å². The van der Waals surface area contributed by atoms with E-state index in [1.807, 2.05) is 25.1 Å². The molecule has 2 aromatic rings. The Morgan fingerprint density at radius 2 is 2.22 bits per heavy atom. The average molecular weight is 265 g/mol. The molecule has 0 radical (unpaired) electrons. The second-order valence-corrected chi connectivity index (χ2v) is 4.99. The molecule has 0 bridgehead atoms. The molecule has 18 heavy (non-hydrogen) atoms. The standard InChI is InChI=1S/C14H16FNOS/c1-2-16-9-11-6-12(15)8-14(7-11)18-10-13-4-3-5-17-13/h3-8,16H,2,9-10H2,1H3. The Bertz CT molecular complexity index is 485. The Balaban J connectivity index is 2.00. The maximum absolute atomic E-state index is 13.5. The zero-order valence-electron chi connectivity index (χ0n) is 10.3. The molecule has 1 aromatic carbocycles. The normalized spacial score (nSPS) is 10.8. The van der Waals surface area contributed by atoms with Crippen molar-refractivity contribution in [3.8, 4) is 0 Å². The quantitative estimate of drug-likeness (QED) is 0.804. The van der Waals surface area contributed by atoms with Gasteiger partial charge in [-0.25, -0.2) is 4.39 Å². The minimum Gasteiger partial charge on any atom is -0.468 e. The number of hydrogen-bond donors (Lipinski definition) is 1. The molecule has 0 aliphatic heterocycles. The van der Waals surface area contributed by atoms with Crippen LogP contribution >= 0.6 is 11.8 Å². The lowest BCUT2D eigenvalue weighted by molar-refractivity contribution is 0.530. The summed E-state index contributed by atoms with van der Waals surface area (Å²) in [5.41, 5.74) is 0.971. The fourth-order valence-corrected chi connectivity index (χ4v) is 2.53. The van der Waals surface area contributed by atoms with Crippen molar-refractivity contribution in [2.45, 2.75) is 24.1 Å². The number of nitrogens with one attached hydrogen (secondary N) is 1. The minimum atomic E-state index is -0.188. The highest BCUT2D eigenvalue weighted by Crippen LogP contribution is 2.25. The molecule has 0 aliphatic carbocycles. The molecule has 2 nitrogen and oxygen atoms in total. The summed E-state index contributed by atoms with van der Waals surface area (Å²) in [6.45, 7) is 3.61. The van der Waals surface area contributed by atoms with E-state index in [0.29, 0.717) is 6.54 Å². The molecule has 96 valence electrons. The summed E-state index contributed by atoms with van der Waals surface area (Å²) in [6, 6.07) is 8.92. The van der Waals surface area contributed by atoms with E-state index >= 15 is 0 Å². The van der Waals surface area contributed by atoms with E-state index in [9.17, 15) is 4.39 Å². The average Bonchev–Trinajstić information content (AvgIpc) is 2.86. The predicted octanol–water partition coefficient (Wildman–Crippen LogP) is 3.82. The third kappa shape index (κ3) is 3.89. The molecule has 0 unspecified atom stereocenters. The van der Waals surface area contributed by atoms with E-state index in [1.54, 1.807) is 30.2 Å². The van der Waals surface area contributed by atoms with Gasteiger partial charge in [-0.2, -0.15) is 0 Å². The number of rotatable bonds is 6. The second kappa shape index (κ2) is 6.61. The van der Waals surface area contributed by atoms with Gasteiger partial charge in [0.25, 0.3) is 0 Å². The molecule has 0 atom stereocenters. The molecular weight excluding hydrogens is 249 g/mol. The Morgan fingerprint density at radius 3 is 2.94 bits per heavy atom. The molecule has 1 aromatic heterocycles. The number of thioether (sulfide) groups is 1. The van der Waals surface area contributed by atoms with Gasteiger partial charge in [0.15, 0.2) is 0 Å². The van der Waals surface area contributed by atoms with E-state index in [1.165, 1.54) is 0 Å². The van der Waals surface area contributed by atoms with Crippen LogP contribution in [0.4, 0.5) is 4.39 Å². The van der Waals surface area contributed by atoms with Gasteiger partial charge in [0.1, 0.15) is 11.6 Å².